The lowest BCUT2D eigenvalue weighted by molar-refractivity contribution is -0.137. The molecule has 0 radical (unpaired) electrons. The van der Waals surface area contributed by atoms with Crippen LogP contribution in [0.3, 0.4) is 0 Å². The summed E-state index contributed by atoms with van der Waals surface area (Å²) >= 11 is 0. The topological polar surface area (TPSA) is 73.9 Å². The smallest absolute Gasteiger partial charge is 0.347 e. The van der Waals surface area contributed by atoms with Crippen molar-refractivity contribution < 1.29 is 18.0 Å². The predicted molar refractivity (Wildman–Crippen MR) is 135 cm³/mol. The Labute approximate surface area is 210 Å². The predicted octanol–water partition coefficient (Wildman–Crippen LogP) is 6.25. The normalized spacial score (nSPS) is 11.4. The van der Waals surface area contributed by atoms with Crippen LogP contribution in [0.5, 0.6) is 0 Å². The van der Waals surface area contributed by atoms with E-state index in [-0.39, 0.29) is 12.2 Å². The van der Waals surface area contributed by atoms with Gasteiger partial charge in [0.2, 0.25) is 0 Å². The molecule has 0 aliphatic heterocycles. The van der Waals surface area contributed by atoms with Gasteiger partial charge in [-0.3, -0.25) is 4.79 Å². The minimum atomic E-state index is -4.41. The molecular formula is C28H22F3N5O. The van der Waals surface area contributed by atoms with Crippen LogP contribution in [0.1, 0.15) is 27.2 Å². The van der Waals surface area contributed by atoms with Gasteiger partial charge in [-0.1, -0.05) is 42.5 Å². The number of hydrogen-bond donors (Lipinski definition) is 2. The van der Waals surface area contributed by atoms with E-state index in [1.807, 2.05) is 59.6 Å². The largest absolute Gasteiger partial charge is 0.416 e. The Hall–Kier alpha value is -4.66. The fourth-order valence-electron chi connectivity index (χ4n) is 4.10. The number of nitrogens with zero attached hydrogens (tertiary/aromatic N) is 3. The first kappa shape index (κ1) is 24.1. The van der Waals surface area contributed by atoms with Crippen molar-refractivity contribution in [1.82, 2.24) is 20.3 Å². The first-order valence-electron chi connectivity index (χ1n) is 11.5. The van der Waals surface area contributed by atoms with Gasteiger partial charge in [-0.25, -0.2) is 9.97 Å². The van der Waals surface area contributed by atoms with Crippen LogP contribution in [-0.4, -0.2) is 20.9 Å². The summed E-state index contributed by atoms with van der Waals surface area (Å²) in [7, 11) is 0. The van der Waals surface area contributed by atoms with E-state index in [0.717, 1.165) is 28.8 Å². The highest BCUT2D eigenvalue weighted by molar-refractivity contribution is 6.01. The summed E-state index contributed by atoms with van der Waals surface area (Å²) in [6, 6.07) is 21.9. The molecule has 2 N–H and O–H groups in total. The summed E-state index contributed by atoms with van der Waals surface area (Å²) < 4.78 is 38.6. The van der Waals surface area contributed by atoms with Gasteiger partial charge < -0.3 is 15.2 Å². The average Bonchev–Trinajstić information content (AvgIpc) is 3.35. The molecule has 5 rings (SSSR count). The minimum Gasteiger partial charge on any atom is -0.347 e. The van der Waals surface area contributed by atoms with Crippen LogP contribution in [0.25, 0.3) is 11.0 Å². The first-order valence-corrected chi connectivity index (χ1v) is 11.5. The van der Waals surface area contributed by atoms with E-state index in [2.05, 4.69) is 20.3 Å². The van der Waals surface area contributed by atoms with E-state index in [1.54, 1.807) is 12.3 Å². The third kappa shape index (κ3) is 5.30. The summed E-state index contributed by atoms with van der Waals surface area (Å²) in [6.45, 7) is 0.524. The fourth-order valence-corrected chi connectivity index (χ4v) is 4.10. The van der Waals surface area contributed by atoms with Crippen LogP contribution in [0.2, 0.25) is 0 Å². The summed E-state index contributed by atoms with van der Waals surface area (Å²) in [5.41, 5.74) is 3.16. The standard InChI is InChI=1S/C28H22F3N5O/c29-28(30,31)21-12-10-19(11-13-21)16-35-27(37)25-23(9-5-14-32-25)36(18-20-6-2-1-3-7-20)24-17-34-26-22(24)8-4-15-33-26/h1-15,17H,16,18H2,(H,33,34)(H,35,37). The van der Waals surface area contributed by atoms with E-state index in [9.17, 15) is 18.0 Å². The quantitative estimate of drug-likeness (QED) is 0.277. The van der Waals surface area contributed by atoms with Gasteiger partial charge in [0.25, 0.3) is 5.91 Å². The zero-order valence-electron chi connectivity index (χ0n) is 19.5. The Morgan fingerprint density at radius 2 is 1.57 bits per heavy atom. The van der Waals surface area contributed by atoms with Crippen LogP contribution >= 0.6 is 0 Å². The van der Waals surface area contributed by atoms with E-state index in [1.165, 1.54) is 18.3 Å². The molecule has 3 aromatic heterocycles. The number of aromatic amines is 1. The Bertz CT molecular complexity index is 1510. The number of benzene rings is 2. The number of carbonyl (C=O) groups excluding carboxylic acids is 1. The second-order valence-electron chi connectivity index (χ2n) is 8.39. The third-order valence-electron chi connectivity index (χ3n) is 5.93. The monoisotopic (exact) mass is 501 g/mol. The van der Waals surface area contributed by atoms with Gasteiger partial charge in [0.05, 0.1) is 16.9 Å². The molecule has 0 saturated carbocycles. The van der Waals surface area contributed by atoms with Crippen molar-refractivity contribution in [2.45, 2.75) is 19.3 Å². The van der Waals surface area contributed by atoms with E-state index in [0.29, 0.717) is 23.4 Å². The van der Waals surface area contributed by atoms with Crippen molar-refractivity contribution in [1.29, 1.82) is 0 Å². The van der Waals surface area contributed by atoms with Crippen molar-refractivity contribution in [2.75, 3.05) is 4.90 Å². The number of anilines is 2. The number of pyridine rings is 2. The molecule has 6 nitrogen and oxygen atoms in total. The number of rotatable bonds is 7. The number of H-pyrrole nitrogens is 1. The number of fused-ring (bicyclic) bond motifs is 1. The number of nitrogens with one attached hydrogen (secondary N) is 2. The molecule has 0 aliphatic rings. The Balaban J connectivity index is 1.46. The molecule has 2 aromatic carbocycles. The Morgan fingerprint density at radius 1 is 0.838 bits per heavy atom. The maximum Gasteiger partial charge on any atom is 0.416 e. The zero-order chi connectivity index (χ0) is 25.8. The second-order valence-corrected chi connectivity index (χ2v) is 8.39. The Morgan fingerprint density at radius 3 is 2.32 bits per heavy atom. The molecule has 0 bridgehead atoms. The summed E-state index contributed by atoms with van der Waals surface area (Å²) in [6.07, 6.45) is 0.671. The maximum atomic E-state index is 13.3. The van der Waals surface area contributed by atoms with E-state index >= 15 is 0 Å². The number of hydrogen-bond acceptors (Lipinski definition) is 4. The van der Waals surface area contributed by atoms with Gasteiger partial charge in [-0.2, -0.15) is 13.2 Å². The summed E-state index contributed by atoms with van der Waals surface area (Å²) in [4.78, 5) is 27.2. The molecule has 5 aromatic rings. The van der Waals surface area contributed by atoms with Crippen molar-refractivity contribution in [3.63, 3.8) is 0 Å². The number of amides is 1. The molecule has 3 heterocycles. The highest BCUT2D eigenvalue weighted by Gasteiger charge is 2.30. The molecule has 0 spiro atoms. The lowest BCUT2D eigenvalue weighted by atomic mass is 10.1. The summed E-state index contributed by atoms with van der Waals surface area (Å²) in [5.74, 6) is -0.438. The van der Waals surface area contributed by atoms with Gasteiger partial charge in [-0.05, 0) is 47.5 Å². The first-order chi connectivity index (χ1) is 17.9. The molecule has 1 amide bonds. The maximum absolute atomic E-state index is 13.3. The van der Waals surface area contributed by atoms with Gasteiger partial charge in [0, 0.05) is 37.1 Å². The zero-order valence-corrected chi connectivity index (χ0v) is 19.5. The van der Waals surface area contributed by atoms with Gasteiger partial charge in [0.15, 0.2) is 5.69 Å². The highest BCUT2D eigenvalue weighted by Crippen LogP contribution is 2.34. The molecule has 0 fully saturated rings. The van der Waals surface area contributed by atoms with Crippen molar-refractivity contribution in [3.8, 4) is 0 Å². The average molecular weight is 502 g/mol. The number of aromatic nitrogens is 3. The molecular weight excluding hydrogens is 479 g/mol. The Kier molecular flexibility index (Phi) is 6.59. The van der Waals surface area contributed by atoms with Crippen LogP contribution in [0, 0.1) is 0 Å². The van der Waals surface area contributed by atoms with Crippen LogP contribution in [0.15, 0.2) is 97.5 Å². The second kappa shape index (κ2) is 10.1. The molecule has 9 heteroatoms. The lowest BCUT2D eigenvalue weighted by Crippen LogP contribution is -2.27. The van der Waals surface area contributed by atoms with Crippen molar-refractivity contribution in [2.24, 2.45) is 0 Å². The molecule has 37 heavy (non-hydrogen) atoms. The van der Waals surface area contributed by atoms with Crippen LogP contribution < -0.4 is 10.2 Å². The number of alkyl halides is 3. The molecule has 186 valence electrons. The highest BCUT2D eigenvalue weighted by atomic mass is 19.4. The molecule has 0 unspecified atom stereocenters. The molecule has 0 saturated heterocycles. The SMILES string of the molecule is O=C(NCc1ccc(C(F)(F)F)cc1)c1ncccc1N(Cc1ccccc1)c1c[nH]c2ncccc12. The molecule has 0 atom stereocenters. The van der Waals surface area contributed by atoms with E-state index in [4.69, 9.17) is 0 Å². The lowest BCUT2D eigenvalue weighted by Gasteiger charge is -2.26. The van der Waals surface area contributed by atoms with Crippen LogP contribution in [-0.2, 0) is 19.3 Å². The summed E-state index contributed by atoms with van der Waals surface area (Å²) in [5, 5.41) is 3.67. The third-order valence-corrected chi connectivity index (χ3v) is 5.93. The number of carbonyl (C=O) groups is 1. The minimum absolute atomic E-state index is 0.0582. The van der Waals surface area contributed by atoms with Gasteiger partial charge >= 0.3 is 6.18 Å². The van der Waals surface area contributed by atoms with Gasteiger partial charge in [-0.15, -0.1) is 0 Å². The van der Waals surface area contributed by atoms with Crippen LogP contribution in [0.4, 0.5) is 24.5 Å². The van der Waals surface area contributed by atoms with Crippen molar-refractivity contribution in [3.05, 3.63) is 120 Å². The van der Waals surface area contributed by atoms with Gasteiger partial charge in [0.1, 0.15) is 5.65 Å². The van der Waals surface area contributed by atoms with E-state index < -0.39 is 17.6 Å². The van der Waals surface area contributed by atoms with Crippen molar-refractivity contribution >= 4 is 28.3 Å². The molecule has 0 aliphatic carbocycles. The fraction of sp³-hybridized carbons (Fsp3) is 0.107. The number of halogens is 3.